The Morgan fingerprint density at radius 2 is 1.46 bits per heavy atom. The average molecular weight is 1140 g/mol. The lowest BCUT2D eigenvalue weighted by Gasteiger charge is -2.41. The van der Waals surface area contributed by atoms with Gasteiger partial charge in [0.15, 0.2) is 0 Å². The lowest BCUT2D eigenvalue weighted by atomic mass is 9.87. The highest BCUT2D eigenvalue weighted by Gasteiger charge is 2.61. The van der Waals surface area contributed by atoms with E-state index >= 15 is 0 Å². The van der Waals surface area contributed by atoms with Crippen molar-refractivity contribution in [3.8, 4) is 0 Å². The van der Waals surface area contributed by atoms with Gasteiger partial charge in [0.05, 0.1) is 94.8 Å². The van der Waals surface area contributed by atoms with Crippen LogP contribution in [0.15, 0.2) is 30.3 Å². The Morgan fingerprint density at radius 1 is 0.802 bits per heavy atom. The smallest absolute Gasteiger partial charge is 0.335 e. The zero-order chi connectivity index (χ0) is 59.4. The maximum atomic E-state index is 14.7. The summed E-state index contributed by atoms with van der Waals surface area (Å²) in [5, 5.41) is 5.15. The number of ether oxygens (including phenoxy) is 5. The summed E-state index contributed by atoms with van der Waals surface area (Å²) in [6.07, 6.45) is 4.75. The molecule has 3 aliphatic heterocycles. The van der Waals surface area contributed by atoms with Crippen molar-refractivity contribution in [2.75, 3.05) is 94.2 Å². The highest BCUT2D eigenvalue weighted by molar-refractivity contribution is 6.01. The molecule has 1 saturated carbocycles. The summed E-state index contributed by atoms with van der Waals surface area (Å²) < 4.78 is 29.0. The standard InChI is InChI=1S/C60H96N6O15/c1-12-42(6)55(63(9)58(73)53(40(2)3)61-57(72)54(41(4)5)62(8)30-33-78-35-37-79-36-34-77-32-26-52(71)81-66-49(68)24-25-50(66)69)48(75-10)38-51(70)64-28-19-22-46(64)56(76-11)43(7)47(67)23-18-27-60(59(74)65-29-16-17-31-80-65)39-45(60)44-20-14-13-15-21-44/h13-15,20-21,40-43,45-46,48,53-56H,12,16-19,22-39H2,1-11H3,(H,61,72)/t42-,43-,45+,46-,48+,53-,54-,55-,56+,60+/m0/s1. The summed E-state index contributed by atoms with van der Waals surface area (Å²) in [7, 11) is 6.72. The predicted octanol–water partition coefficient (Wildman–Crippen LogP) is 5.52. The second kappa shape index (κ2) is 32.8. The van der Waals surface area contributed by atoms with E-state index in [1.54, 1.807) is 31.2 Å². The van der Waals surface area contributed by atoms with Crippen LogP contribution in [-0.2, 0) is 71.7 Å². The highest BCUT2D eigenvalue weighted by Crippen LogP contribution is 2.63. The molecule has 5 rings (SSSR count). The van der Waals surface area contributed by atoms with Gasteiger partial charge in [-0.15, -0.1) is 5.06 Å². The quantitative estimate of drug-likeness (QED) is 0.0644. The fourth-order valence-corrected chi connectivity index (χ4v) is 12.0. The van der Waals surface area contributed by atoms with Crippen LogP contribution in [0.5, 0.6) is 0 Å². The summed E-state index contributed by atoms with van der Waals surface area (Å²) in [4.78, 5) is 123. The first-order valence-corrected chi connectivity index (χ1v) is 29.7. The first kappa shape index (κ1) is 66.9. The third kappa shape index (κ3) is 18.3. The van der Waals surface area contributed by atoms with Gasteiger partial charge >= 0.3 is 5.97 Å². The summed E-state index contributed by atoms with van der Waals surface area (Å²) in [6.45, 7) is 17.1. The van der Waals surface area contributed by atoms with Crippen LogP contribution in [0.4, 0.5) is 0 Å². The van der Waals surface area contributed by atoms with Crippen LogP contribution in [-0.4, -0.2) is 203 Å². The number of carbonyl (C=O) groups is 8. The Morgan fingerprint density at radius 3 is 2.05 bits per heavy atom. The molecule has 4 fully saturated rings. The number of nitrogens with zero attached hydrogens (tertiary/aromatic N) is 5. The molecule has 6 amide bonds. The first-order valence-electron chi connectivity index (χ1n) is 29.7. The minimum absolute atomic E-state index is 0.00507. The molecule has 10 atom stereocenters. The van der Waals surface area contributed by atoms with Crippen LogP contribution in [0.1, 0.15) is 143 Å². The number of Topliss-reactive ketones (excluding diaryl/α,β-unsaturated/α-hetero) is 1. The van der Waals surface area contributed by atoms with Crippen LogP contribution in [0.2, 0.25) is 0 Å². The van der Waals surface area contributed by atoms with Gasteiger partial charge in [-0.3, -0.25) is 43.3 Å². The number of methoxy groups -OCH3 is 2. The number of hydroxylamine groups is 4. The number of rotatable bonds is 36. The molecule has 21 heteroatoms. The van der Waals surface area contributed by atoms with E-state index in [1.807, 2.05) is 83.5 Å². The lowest BCUT2D eigenvalue weighted by molar-refractivity contribution is -0.203. The fraction of sp³-hybridized carbons (Fsp3) is 0.767. The van der Waals surface area contributed by atoms with Crippen molar-refractivity contribution >= 4 is 47.2 Å². The minimum Gasteiger partial charge on any atom is -0.379 e. The Balaban J connectivity index is 1.10. The topological polar surface area (TPSA) is 229 Å². The summed E-state index contributed by atoms with van der Waals surface area (Å²) in [6, 6.07) is 7.80. The van der Waals surface area contributed by atoms with Gasteiger partial charge in [0.25, 0.3) is 17.7 Å². The van der Waals surface area contributed by atoms with E-state index in [9.17, 15) is 38.4 Å². The highest BCUT2D eigenvalue weighted by atomic mass is 16.7. The molecule has 3 heterocycles. The van der Waals surface area contributed by atoms with Crippen molar-refractivity contribution in [3.63, 3.8) is 0 Å². The van der Waals surface area contributed by atoms with Gasteiger partial charge in [0, 0.05) is 66.1 Å². The van der Waals surface area contributed by atoms with Gasteiger partial charge < -0.3 is 43.6 Å². The van der Waals surface area contributed by atoms with E-state index in [0.717, 1.165) is 31.2 Å². The molecule has 3 saturated heterocycles. The van der Waals surface area contributed by atoms with Crippen LogP contribution in [0, 0.1) is 29.1 Å². The number of imide groups is 1. The second-order valence-electron chi connectivity index (χ2n) is 23.2. The molecule has 1 N–H and O–H groups in total. The van der Waals surface area contributed by atoms with Gasteiger partial charge in [-0.1, -0.05) is 85.2 Å². The minimum atomic E-state index is -0.872. The van der Waals surface area contributed by atoms with Gasteiger partial charge in [-0.25, -0.2) is 9.86 Å². The molecule has 0 bridgehead atoms. The van der Waals surface area contributed by atoms with Gasteiger partial charge in [-0.2, -0.15) is 0 Å². The predicted molar refractivity (Wildman–Crippen MR) is 300 cm³/mol. The van der Waals surface area contributed by atoms with Crippen molar-refractivity contribution in [3.05, 3.63) is 35.9 Å². The Kier molecular flexibility index (Phi) is 27.1. The first-order chi connectivity index (χ1) is 38.7. The number of likely N-dealkylation sites (tertiary alicyclic amines) is 1. The molecular weight excluding hydrogens is 1040 g/mol. The van der Waals surface area contributed by atoms with E-state index in [0.29, 0.717) is 76.8 Å². The van der Waals surface area contributed by atoms with Crippen molar-refractivity contribution in [2.45, 2.75) is 174 Å². The number of benzene rings is 1. The van der Waals surface area contributed by atoms with Crippen LogP contribution >= 0.6 is 0 Å². The third-order valence-corrected chi connectivity index (χ3v) is 16.9. The van der Waals surface area contributed by atoms with E-state index in [2.05, 4.69) is 17.4 Å². The van der Waals surface area contributed by atoms with E-state index < -0.39 is 59.5 Å². The van der Waals surface area contributed by atoms with Crippen molar-refractivity contribution in [1.82, 2.24) is 30.1 Å². The van der Waals surface area contributed by atoms with Gasteiger partial charge in [0.1, 0.15) is 11.8 Å². The third-order valence-electron chi connectivity index (χ3n) is 16.9. The summed E-state index contributed by atoms with van der Waals surface area (Å²) >= 11 is 0. The molecule has 0 radical (unpaired) electrons. The Hall–Kier alpha value is -4.90. The Labute approximate surface area is 480 Å². The van der Waals surface area contributed by atoms with E-state index in [4.69, 9.17) is 33.4 Å². The van der Waals surface area contributed by atoms with E-state index in [-0.39, 0.29) is 111 Å². The number of ketones is 1. The molecule has 21 nitrogen and oxygen atoms in total. The molecular formula is C60H96N6O15. The van der Waals surface area contributed by atoms with E-state index in [1.165, 1.54) is 0 Å². The molecule has 81 heavy (non-hydrogen) atoms. The monoisotopic (exact) mass is 1140 g/mol. The van der Waals surface area contributed by atoms with Gasteiger partial charge in [0.2, 0.25) is 17.7 Å². The maximum absolute atomic E-state index is 14.7. The zero-order valence-electron chi connectivity index (χ0n) is 50.4. The molecule has 456 valence electrons. The molecule has 1 aliphatic carbocycles. The largest absolute Gasteiger partial charge is 0.379 e. The second-order valence-corrected chi connectivity index (χ2v) is 23.2. The van der Waals surface area contributed by atoms with Crippen LogP contribution in [0.25, 0.3) is 0 Å². The normalized spacial score (nSPS) is 21.9. The number of likely N-dealkylation sites (N-methyl/N-ethyl adjacent to an activating group) is 2. The average Bonchev–Trinajstić information content (AvgIpc) is 2.90. The molecule has 1 aromatic carbocycles. The van der Waals surface area contributed by atoms with Crippen LogP contribution in [0.3, 0.4) is 0 Å². The van der Waals surface area contributed by atoms with Crippen molar-refractivity contribution in [1.29, 1.82) is 0 Å². The molecule has 1 aromatic rings. The summed E-state index contributed by atoms with van der Waals surface area (Å²) in [5.74, 6) is -3.39. The number of carbonyl (C=O) groups excluding carboxylic acids is 8. The SMILES string of the molecule is CC[C@H](C)[C@@H]([C@@H](CC(=O)N1CCC[C@H]1[C@H](OC)[C@@H](C)C(=O)CCC[C@@]1(C(=O)N2CCCCO2)C[C@@H]1c1ccccc1)OC)N(C)C(=O)[C@@H](NC(=O)[C@H](C(C)C)N(C)CCOCCOCCOCCC(=O)ON1C(=O)CCC1=O)C(C)C. The number of nitrogens with one attached hydrogen (secondary N) is 1. The number of amides is 6. The summed E-state index contributed by atoms with van der Waals surface area (Å²) in [5.41, 5.74) is 0.521. The molecule has 0 aromatic heterocycles. The Bertz CT molecular complexity index is 2200. The molecule has 0 spiro atoms. The van der Waals surface area contributed by atoms with Gasteiger partial charge in [-0.05, 0) is 81.2 Å². The number of hydrogen-bond donors (Lipinski definition) is 1. The number of hydrogen-bond acceptors (Lipinski definition) is 16. The zero-order valence-corrected chi connectivity index (χ0v) is 50.4. The van der Waals surface area contributed by atoms with Crippen LogP contribution < -0.4 is 5.32 Å². The molecule has 0 unspecified atom stereocenters. The molecule has 4 aliphatic rings. The fourth-order valence-electron chi connectivity index (χ4n) is 12.0. The maximum Gasteiger partial charge on any atom is 0.335 e. The lowest BCUT2D eigenvalue weighted by Crippen LogP contribution is -2.60. The van der Waals surface area contributed by atoms with Crippen molar-refractivity contribution < 1.29 is 71.7 Å². The van der Waals surface area contributed by atoms with Crippen molar-refractivity contribution in [2.24, 2.45) is 29.1 Å².